The molecule has 0 radical (unpaired) electrons. The molecule has 130 valence electrons. The predicted octanol–water partition coefficient (Wildman–Crippen LogP) is 3.39. The van der Waals surface area contributed by atoms with Gasteiger partial charge in [-0.2, -0.15) is 0 Å². The van der Waals surface area contributed by atoms with E-state index in [1.165, 1.54) is 6.42 Å². The Kier molecular flexibility index (Phi) is 5.72. The van der Waals surface area contributed by atoms with Crippen LogP contribution in [0.15, 0.2) is 30.5 Å². The molecular weight excluding hydrogens is 336 g/mol. The third-order valence-corrected chi connectivity index (χ3v) is 4.95. The smallest absolute Gasteiger partial charge is 0.277 e. The van der Waals surface area contributed by atoms with Gasteiger partial charge < -0.3 is 4.90 Å². The molecule has 0 atom stereocenters. The zero-order chi connectivity index (χ0) is 17.6. The van der Waals surface area contributed by atoms with Crippen LogP contribution in [0.2, 0.25) is 5.02 Å². The highest BCUT2D eigenvalue weighted by molar-refractivity contribution is 6.31. The molecule has 25 heavy (non-hydrogen) atoms. The van der Waals surface area contributed by atoms with Crippen molar-refractivity contribution in [3.05, 3.63) is 46.7 Å². The van der Waals surface area contributed by atoms with E-state index >= 15 is 0 Å². The number of hydrogen-bond acceptors (Lipinski definition) is 3. The lowest BCUT2D eigenvalue weighted by Gasteiger charge is -2.32. The van der Waals surface area contributed by atoms with E-state index < -0.39 is 0 Å². The molecule has 5 nitrogen and oxygen atoms in total. The number of terminal acetylenes is 1. The maximum atomic E-state index is 12.9. The van der Waals surface area contributed by atoms with Crippen LogP contribution in [0.3, 0.4) is 0 Å². The summed E-state index contributed by atoms with van der Waals surface area (Å²) in [6.07, 6.45) is 12.6. The van der Waals surface area contributed by atoms with E-state index in [-0.39, 0.29) is 11.9 Å². The van der Waals surface area contributed by atoms with Crippen LogP contribution in [0.1, 0.15) is 48.2 Å². The summed E-state index contributed by atoms with van der Waals surface area (Å²) in [4.78, 5) is 14.6. The Morgan fingerprint density at radius 1 is 1.32 bits per heavy atom. The minimum atomic E-state index is -0.143. The second-order valence-electron chi connectivity index (χ2n) is 6.32. The molecule has 1 aromatic carbocycles. The van der Waals surface area contributed by atoms with E-state index in [4.69, 9.17) is 18.0 Å². The summed E-state index contributed by atoms with van der Waals surface area (Å²) in [6.45, 7) is 0.777. The Labute approximate surface area is 153 Å². The van der Waals surface area contributed by atoms with E-state index in [1.54, 1.807) is 15.8 Å². The van der Waals surface area contributed by atoms with Crippen molar-refractivity contribution in [3.63, 3.8) is 0 Å². The number of amides is 1. The number of halogens is 1. The third-order valence-electron chi connectivity index (χ3n) is 4.59. The molecule has 1 aromatic heterocycles. The van der Waals surface area contributed by atoms with Gasteiger partial charge in [0.05, 0.1) is 19.3 Å². The standard InChI is InChI=1S/C19H21ClN4O/c1-2-12-24(16-9-4-3-5-10-16)19(25)18-14-23(22-21-18)13-15-8-6-7-11-17(15)20/h1,6-8,11,14,16H,3-5,9-10,12-13H2. The van der Waals surface area contributed by atoms with Crippen molar-refractivity contribution in [1.82, 2.24) is 19.9 Å². The van der Waals surface area contributed by atoms with Gasteiger partial charge in [0.25, 0.3) is 5.91 Å². The highest BCUT2D eigenvalue weighted by Gasteiger charge is 2.27. The average Bonchev–Trinajstić information content (AvgIpc) is 3.10. The number of benzene rings is 1. The first kappa shape index (κ1) is 17.5. The largest absolute Gasteiger partial charge is 0.323 e. The van der Waals surface area contributed by atoms with Gasteiger partial charge in [-0.1, -0.05) is 60.2 Å². The van der Waals surface area contributed by atoms with Crippen LogP contribution in [0.4, 0.5) is 0 Å². The fraction of sp³-hybridized carbons (Fsp3) is 0.421. The molecule has 1 heterocycles. The second-order valence-corrected chi connectivity index (χ2v) is 6.73. The van der Waals surface area contributed by atoms with Gasteiger partial charge in [-0.15, -0.1) is 11.5 Å². The van der Waals surface area contributed by atoms with E-state index in [1.807, 2.05) is 24.3 Å². The lowest BCUT2D eigenvalue weighted by Crippen LogP contribution is -2.41. The predicted molar refractivity (Wildman–Crippen MR) is 97.3 cm³/mol. The Balaban J connectivity index is 1.74. The van der Waals surface area contributed by atoms with E-state index in [2.05, 4.69) is 16.2 Å². The molecule has 1 amide bonds. The summed E-state index contributed by atoms with van der Waals surface area (Å²) < 4.78 is 1.63. The Morgan fingerprint density at radius 3 is 2.80 bits per heavy atom. The van der Waals surface area contributed by atoms with Gasteiger partial charge in [-0.25, -0.2) is 4.68 Å². The zero-order valence-electron chi connectivity index (χ0n) is 14.1. The van der Waals surface area contributed by atoms with Crippen molar-refractivity contribution < 1.29 is 4.79 Å². The molecular formula is C19H21ClN4O. The van der Waals surface area contributed by atoms with Gasteiger partial charge in [-0.3, -0.25) is 4.79 Å². The van der Waals surface area contributed by atoms with Crippen LogP contribution in [-0.4, -0.2) is 38.4 Å². The molecule has 0 N–H and O–H groups in total. The second kappa shape index (κ2) is 8.17. The quantitative estimate of drug-likeness (QED) is 0.771. The fourth-order valence-corrected chi connectivity index (χ4v) is 3.48. The minimum absolute atomic E-state index is 0.143. The summed E-state index contributed by atoms with van der Waals surface area (Å²) in [7, 11) is 0. The first-order valence-corrected chi connectivity index (χ1v) is 8.95. The molecule has 1 fully saturated rings. The lowest BCUT2D eigenvalue weighted by atomic mass is 9.94. The zero-order valence-corrected chi connectivity index (χ0v) is 14.8. The summed E-state index contributed by atoms with van der Waals surface area (Å²) in [5.74, 6) is 2.46. The van der Waals surface area contributed by atoms with Crippen LogP contribution in [-0.2, 0) is 6.54 Å². The molecule has 0 spiro atoms. The maximum absolute atomic E-state index is 12.9. The first-order chi connectivity index (χ1) is 12.2. The maximum Gasteiger partial charge on any atom is 0.277 e. The Hall–Kier alpha value is -2.32. The molecule has 1 saturated carbocycles. The average molecular weight is 357 g/mol. The number of carbonyl (C=O) groups excluding carboxylic acids is 1. The van der Waals surface area contributed by atoms with E-state index in [9.17, 15) is 4.79 Å². The van der Waals surface area contributed by atoms with Crippen molar-refractivity contribution in [3.8, 4) is 12.3 Å². The van der Waals surface area contributed by atoms with E-state index in [0.29, 0.717) is 23.8 Å². The minimum Gasteiger partial charge on any atom is -0.323 e. The normalized spacial score (nSPS) is 14.9. The van der Waals surface area contributed by atoms with Crippen LogP contribution in [0.5, 0.6) is 0 Å². The van der Waals surface area contributed by atoms with Crippen LogP contribution in [0, 0.1) is 12.3 Å². The summed E-state index contributed by atoms with van der Waals surface area (Å²) in [6, 6.07) is 7.76. The van der Waals surface area contributed by atoms with Gasteiger partial charge in [0.1, 0.15) is 0 Å². The van der Waals surface area contributed by atoms with Crippen molar-refractivity contribution >= 4 is 17.5 Å². The van der Waals surface area contributed by atoms with Crippen LogP contribution in [0.25, 0.3) is 0 Å². The summed E-state index contributed by atoms with van der Waals surface area (Å²) >= 11 is 6.18. The first-order valence-electron chi connectivity index (χ1n) is 8.57. The van der Waals surface area contributed by atoms with Crippen LogP contribution >= 0.6 is 11.6 Å². The molecule has 0 unspecified atom stereocenters. The molecule has 0 bridgehead atoms. The van der Waals surface area contributed by atoms with Gasteiger partial charge in [0, 0.05) is 11.1 Å². The van der Waals surface area contributed by atoms with Gasteiger partial charge in [0.2, 0.25) is 0 Å². The molecule has 2 aromatic rings. The van der Waals surface area contributed by atoms with Crippen LogP contribution < -0.4 is 0 Å². The Bertz CT molecular complexity index is 774. The SMILES string of the molecule is C#CCN(C(=O)c1cn(Cc2ccccc2Cl)nn1)C1CCCCC1. The monoisotopic (exact) mass is 356 g/mol. The van der Waals surface area contributed by atoms with Crippen molar-refractivity contribution in [1.29, 1.82) is 0 Å². The van der Waals surface area contributed by atoms with E-state index in [0.717, 1.165) is 31.2 Å². The number of carbonyl (C=O) groups is 1. The van der Waals surface area contributed by atoms with Crippen molar-refractivity contribution in [2.24, 2.45) is 0 Å². The molecule has 0 saturated heterocycles. The molecule has 1 aliphatic carbocycles. The molecule has 0 aliphatic heterocycles. The summed E-state index contributed by atoms with van der Waals surface area (Å²) in [5.41, 5.74) is 1.26. The third kappa shape index (κ3) is 4.21. The number of rotatable bonds is 5. The highest BCUT2D eigenvalue weighted by atomic mass is 35.5. The molecule has 1 aliphatic rings. The van der Waals surface area contributed by atoms with Gasteiger partial charge in [0.15, 0.2) is 5.69 Å². The van der Waals surface area contributed by atoms with Gasteiger partial charge >= 0.3 is 0 Å². The number of hydrogen-bond donors (Lipinski definition) is 0. The van der Waals surface area contributed by atoms with Crippen molar-refractivity contribution in [2.75, 3.05) is 6.54 Å². The van der Waals surface area contributed by atoms with Gasteiger partial charge in [-0.05, 0) is 24.5 Å². The number of nitrogens with zero attached hydrogens (tertiary/aromatic N) is 4. The van der Waals surface area contributed by atoms with Crippen molar-refractivity contribution in [2.45, 2.75) is 44.7 Å². The summed E-state index contributed by atoms with van der Waals surface area (Å²) in [5, 5.41) is 8.79. The molecule has 6 heteroatoms. The number of aromatic nitrogens is 3. The highest BCUT2D eigenvalue weighted by Crippen LogP contribution is 2.23. The Morgan fingerprint density at radius 2 is 2.08 bits per heavy atom. The lowest BCUT2D eigenvalue weighted by molar-refractivity contribution is 0.0661. The topological polar surface area (TPSA) is 51.0 Å². The fourth-order valence-electron chi connectivity index (χ4n) is 3.28. The molecule has 3 rings (SSSR count).